The highest BCUT2D eigenvalue weighted by atomic mass is 32.1. The second-order valence-electron chi connectivity index (χ2n) is 4.91. The van der Waals surface area contributed by atoms with Crippen molar-refractivity contribution in [3.8, 4) is 0 Å². The van der Waals surface area contributed by atoms with E-state index in [2.05, 4.69) is 40.3 Å². The van der Waals surface area contributed by atoms with Crippen molar-refractivity contribution in [2.75, 3.05) is 24.6 Å². The monoisotopic (exact) mass is 279 g/mol. The molecule has 1 unspecified atom stereocenters. The van der Waals surface area contributed by atoms with Crippen molar-refractivity contribution in [3.05, 3.63) is 28.2 Å². The van der Waals surface area contributed by atoms with Gasteiger partial charge in [0, 0.05) is 17.3 Å². The maximum absolute atomic E-state index is 5.81. The van der Waals surface area contributed by atoms with Crippen molar-refractivity contribution in [1.82, 2.24) is 10.1 Å². The molecule has 0 N–H and O–H groups in total. The van der Waals surface area contributed by atoms with Gasteiger partial charge in [-0.1, -0.05) is 25.1 Å². The van der Waals surface area contributed by atoms with Gasteiger partial charge in [0.05, 0.1) is 13.2 Å². The van der Waals surface area contributed by atoms with Crippen LogP contribution in [0, 0.1) is 0 Å². The molecule has 0 aliphatic carbocycles. The highest BCUT2D eigenvalue weighted by molar-refractivity contribution is 7.10. The van der Waals surface area contributed by atoms with Gasteiger partial charge in [-0.3, -0.25) is 0 Å². The molecule has 102 valence electrons. The van der Waals surface area contributed by atoms with E-state index in [-0.39, 0.29) is 12.0 Å². The van der Waals surface area contributed by atoms with Crippen molar-refractivity contribution in [2.45, 2.75) is 25.9 Å². The third kappa shape index (κ3) is 2.64. The zero-order valence-corrected chi connectivity index (χ0v) is 11.9. The molecule has 2 aromatic rings. The number of morpholine rings is 1. The van der Waals surface area contributed by atoms with E-state index in [1.165, 1.54) is 4.88 Å². The number of hydrogen-bond donors (Lipinski definition) is 0. The predicted octanol–water partition coefficient (Wildman–Crippen LogP) is 2.83. The minimum absolute atomic E-state index is 0.100. The van der Waals surface area contributed by atoms with Crippen LogP contribution in [0.15, 0.2) is 22.0 Å². The first kappa shape index (κ1) is 12.6. The molecule has 1 aliphatic rings. The van der Waals surface area contributed by atoms with Crippen LogP contribution < -0.4 is 4.90 Å². The summed E-state index contributed by atoms with van der Waals surface area (Å²) in [4.78, 5) is 7.79. The summed E-state index contributed by atoms with van der Waals surface area (Å²) in [5.41, 5.74) is 0. The summed E-state index contributed by atoms with van der Waals surface area (Å²) < 4.78 is 11.2. The van der Waals surface area contributed by atoms with Gasteiger partial charge in [0.25, 0.3) is 0 Å². The van der Waals surface area contributed by atoms with Gasteiger partial charge in [-0.15, -0.1) is 11.3 Å². The van der Waals surface area contributed by atoms with Crippen LogP contribution in [-0.4, -0.2) is 29.8 Å². The van der Waals surface area contributed by atoms with Crippen LogP contribution in [0.2, 0.25) is 0 Å². The minimum atomic E-state index is 0.100. The second-order valence-corrected chi connectivity index (χ2v) is 5.89. The number of anilines is 1. The molecule has 2 aromatic heterocycles. The lowest BCUT2D eigenvalue weighted by Crippen LogP contribution is -2.38. The first-order valence-electron chi connectivity index (χ1n) is 6.47. The average Bonchev–Trinajstić information content (AvgIpc) is 3.10. The predicted molar refractivity (Wildman–Crippen MR) is 73.6 cm³/mol. The Morgan fingerprint density at radius 1 is 1.47 bits per heavy atom. The van der Waals surface area contributed by atoms with Gasteiger partial charge in [0.15, 0.2) is 5.82 Å². The van der Waals surface area contributed by atoms with Gasteiger partial charge in [0.1, 0.15) is 6.10 Å². The van der Waals surface area contributed by atoms with Crippen LogP contribution >= 0.6 is 11.3 Å². The van der Waals surface area contributed by atoms with Gasteiger partial charge in [0.2, 0.25) is 0 Å². The van der Waals surface area contributed by atoms with E-state index in [4.69, 9.17) is 9.26 Å². The molecule has 3 rings (SSSR count). The van der Waals surface area contributed by atoms with Crippen molar-refractivity contribution < 1.29 is 9.26 Å². The van der Waals surface area contributed by atoms with Crippen LogP contribution in [-0.2, 0) is 4.74 Å². The molecule has 1 saturated heterocycles. The van der Waals surface area contributed by atoms with Crippen LogP contribution in [0.3, 0.4) is 0 Å². The molecule has 5 nitrogen and oxygen atoms in total. The lowest BCUT2D eigenvalue weighted by molar-refractivity contribution is 0.0399. The minimum Gasteiger partial charge on any atom is -0.369 e. The number of rotatable bonds is 3. The van der Waals surface area contributed by atoms with Gasteiger partial charge in [-0.05, 0) is 11.4 Å². The van der Waals surface area contributed by atoms with Gasteiger partial charge >= 0.3 is 6.01 Å². The first-order valence-corrected chi connectivity index (χ1v) is 7.35. The highest BCUT2D eigenvalue weighted by Crippen LogP contribution is 2.28. The van der Waals surface area contributed by atoms with Crippen molar-refractivity contribution in [1.29, 1.82) is 0 Å². The third-order valence-electron chi connectivity index (χ3n) is 3.14. The van der Waals surface area contributed by atoms with Crippen molar-refractivity contribution in [2.24, 2.45) is 0 Å². The van der Waals surface area contributed by atoms with E-state index in [0.29, 0.717) is 12.6 Å². The smallest absolute Gasteiger partial charge is 0.324 e. The fraction of sp³-hybridized carbons (Fsp3) is 0.538. The number of ether oxygens (including phenoxy) is 1. The van der Waals surface area contributed by atoms with E-state index in [1.54, 1.807) is 11.3 Å². The summed E-state index contributed by atoms with van der Waals surface area (Å²) in [6.07, 6.45) is 0.100. The number of hydrogen-bond acceptors (Lipinski definition) is 6. The SMILES string of the molecule is CC(C)c1noc(N2CCOC(c3cccs3)C2)n1. The molecule has 3 heterocycles. The lowest BCUT2D eigenvalue weighted by atomic mass is 10.2. The maximum atomic E-state index is 5.81. The standard InChI is InChI=1S/C13H17N3O2S/c1-9(2)12-14-13(18-15-12)16-5-6-17-10(8-16)11-4-3-7-19-11/h3-4,7,9-10H,5-6,8H2,1-2H3. The Balaban J connectivity index is 1.74. The Labute approximate surface area is 116 Å². The van der Waals surface area contributed by atoms with Crippen LogP contribution in [0.4, 0.5) is 6.01 Å². The quantitative estimate of drug-likeness (QED) is 0.864. The zero-order valence-electron chi connectivity index (χ0n) is 11.1. The molecule has 0 bridgehead atoms. The van der Waals surface area contributed by atoms with Crippen molar-refractivity contribution in [3.63, 3.8) is 0 Å². The average molecular weight is 279 g/mol. The van der Waals surface area contributed by atoms with Crippen LogP contribution in [0.5, 0.6) is 0 Å². The Kier molecular flexibility index (Phi) is 3.52. The Morgan fingerprint density at radius 3 is 3.05 bits per heavy atom. The molecule has 1 fully saturated rings. The fourth-order valence-corrected chi connectivity index (χ4v) is 2.82. The van der Waals surface area contributed by atoms with Crippen LogP contribution in [0.25, 0.3) is 0 Å². The van der Waals surface area contributed by atoms with Gasteiger partial charge < -0.3 is 14.2 Å². The number of aromatic nitrogens is 2. The number of thiophene rings is 1. The molecule has 0 spiro atoms. The summed E-state index contributed by atoms with van der Waals surface area (Å²) in [6, 6.07) is 4.76. The summed E-state index contributed by atoms with van der Waals surface area (Å²) in [6.45, 7) is 6.36. The van der Waals surface area contributed by atoms with Gasteiger partial charge in [-0.2, -0.15) is 4.98 Å². The van der Waals surface area contributed by atoms with E-state index in [1.807, 2.05) is 6.07 Å². The van der Waals surface area contributed by atoms with E-state index < -0.39 is 0 Å². The molecule has 0 amide bonds. The second kappa shape index (κ2) is 5.30. The molecule has 0 aromatic carbocycles. The topological polar surface area (TPSA) is 51.4 Å². The molecule has 1 aliphatic heterocycles. The summed E-state index contributed by atoms with van der Waals surface area (Å²) >= 11 is 1.72. The van der Waals surface area contributed by atoms with Gasteiger partial charge in [-0.25, -0.2) is 0 Å². The lowest BCUT2D eigenvalue weighted by Gasteiger charge is -2.30. The molecule has 19 heavy (non-hydrogen) atoms. The van der Waals surface area contributed by atoms with Crippen molar-refractivity contribution >= 4 is 17.4 Å². The maximum Gasteiger partial charge on any atom is 0.324 e. The summed E-state index contributed by atoms with van der Waals surface area (Å²) in [5, 5.41) is 6.08. The van der Waals surface area contributed by atoms with E-state index >= 15 is 0 Å². The summed E-state index contributed by atoms with van der Waals surface area (Å²) in [5.74, 6) is 1.04. The largest absolute Gasteiger partial charge is 0.369 e. The first-order chi connectivity index (χ1) is 9.24. The molecule has 0 saturated carbocycles. The molecular weight excluding hydrogens is 262 g/mol. The normalized spacial score (nSPS) is 20.2. The van der Waals surface area contributed by atoms with E-state index in [0.717, 1.165) is 18.9 Å². The zero-order chi connectivity index (χ0) is 13.2. The van der Waals surface area contributed by atoms with E-state index in [9.17, 15) is 0 Å². The molecular formula is C13H17N3O2S. The highest BCUT2D eigenvalue weighted by Gasteiger charge is 2.26. The third-order valence-corrected chi connectivity index (χ3v) is 4.11. The molecule has 6 heteroatoms. The Hall–Kier alpha value is -1.40. The Morgan fingerprint density at radius 2 is 2.37 bits per heavy atom. The Bertz CT molecular complexity index is 524. The molecule has 0 radical (unpaired) electrons. The fourth-order valence-electron chi connectivity index (χ4n) is 2.06. The molecule has 1 atom stereocenters. The summed E-state index contributed by atoms with van der Waals surface area (Å²) in [7, 11) is 0. The van der Waals surface area contributed by atoms with Crippen LogP contribution in [0.1, 0.15) is 36.6 Å². The number of nitrogens with zero attached hydrogens (tertiary/aromatic N) is 3.